The van der Waals surface area contributed by atoms with Crippen LogP contribution in [0.5, 0.6) is 0 Å². The summed E-state index contributed by atoms with van der Waals surface area (Å²) in [5, 5.41) is 9.08. The lowest BCUT2D eigenvalue weighted by Gasteiger charge is -2.32. The molecule has 1 aliphatic heterocycles. The fourth-order valence-electron chi connectivity index (χ4n) is 3.32. The Labute approximate surface area is 161 Å². The number of aryl methyl sites for hydroxylation is 1. The molecular formula is C21H30N4S. The highest BCUT2D eigenvalue weighted by atomic mass is 32.1. The molecule has 1 saturated heterocycles. The molecule has 0 saturated carbocycles. The van der Waals surface area contributed by atoms with E-state index in [1.54, 1.807) is 0 Å². The standard InChI is InChI=1S/C21H30N4S/c1-17-5-7-18(8-6-17)14-23-21(22-2)24-15-19-9-11-25(12-10-19)16-20-4-3-13-26-20/h3-8,13,19H,9-12,14-16H2,1-2H3,(H2,22,23,24). The van der Waals surface area contributed by atoms with E-state index >= 15 is 0 Å². The molecule has 0 aliphatic carbocycles. The van der Waals surface area contributed by atoms with E-state index in [9.17, 15) is 0 Å². The second-order valence-electron chi connectivity index (χ2n) is 7.09. The maximum atomic E-state index is 4.36. The third kappa shape index (κ3) is 5.85. The Morgan fingerprint density at radius 2 is 1.92 bits per heavy atom. The van der Waals surface area contributed by atoms with E-state index in [0.717, 1.165) is 31.5 Å². The minimum atomic E-state index is 0.729. The topological polar surface area (TPSA) is 39.7 Å². The van der Waals surface area contributed by atoms with E-state index in [1.165, 1.54) is 41.9 Å². The van der Waals surface area contributed by atoms with E-state index in [1.807, 2.05) is 18.4 Å². The number of piperidine rings is 1. The Kier molecular flexibility index (Phi) is 7.09. The molecule has 0 amide bonds. The molecule has 2 heterocycles. The molecule has 1 aromatic carbocycles. The van der Waals surface area contributed by atoms with Crippen molar-refractivity contribution in [2.45, 2.75) is 32.9 Å². The number of hydrogen-bond donors (Lipinski definition) is 2. The predicted octanol–water partition coefficient (Wildman–Crippen LogP) is 3.63. The fraction of sp³-hybridized carbons (Fsp3) is 0.476. The zero-order valence-corrected chi connectivity index (χ0v) is 16.7. The van der Waals surface area contributed by atoms with Gasteiger partial charge in [-0.05, 0) is 55.8 Å². The molecule has 1 fully saturated rings. The number of guanidine groups is 1. The van der Waals surface area contributed by atoms with Crippen molar-refractivity contribution >= 4 is 17.3 Å². The van der Waals surface area contributed by atoms with Crippen molar-refractivity contribution in [3.05, 3.63) is 57.8 Å². The van der Waals surface area contributed by atoms with Crippen LogP contribution in [0.1, 0.15) is 28.8 Å². The quantitative estimate of drug-likeness (QED) is 0.602. The largest absolute Gasteiger partial charge is 0.356 e. The van der Waals surface area contributed by atoms with Crippen molar-refractivity contribution < 1.29 is 0 Å². The third-order valence-electron chi connectivity index (χ3n) is 5.03. The molecule has 1 aliphatic rings. The molecule has 1 aromatic heterocycles. The van der Waals surface area contributed by atoms with E-state index in [-0.39, 0.29) is 0 Å². The molecule has 3 rings (SSSR count). The number of thiophene rings is 1. The lowest BCUT2D eigenvalue weighted by Crippen LogP contribution is -2.42. The van der Waals surface area contributed by atoms with E-state index in [2.05, 4.69) is 69.2 Å². The lowest BCUT2D eigenvalue weighted by atomic mass is 9.97. The second kappa shape index (κ2) is 9.74. The lowest BCUT2D eigenvalue weighted by molar-refractivity contribution is 0.179. The van der Waals surface area contributed by atoms with Crippen molar-refractivity contribution in [1.29, 1.82) is 0 Å². The predicted molar refractivity (Wildman–Crippen MR) is 112 cm³/mol. The summed E-state index contributed by atoms with van der Waals surface area (Å²) in [6, 6.07) is 13.0. The number of likely N-dealkylation sites (tertiary alicyclic amines) is 1. The first-order valence-electron chi connectivity index (χ1n) is 9.47. The maximum Gasteiger partial charge on any atom is 0.191 e. The van der Waals surface area contributed by atoms with Crippen LogP contribution in [0.25, 0.3) is 0 Å². The van der Waals surface area contributed by atoms with E-state index < -0.39 is 0 Å². The Hall–Kier alpha value is -1.85. The molecule has 5 heteroatoms. The zero-order chi connectivity index (χ0) is 18.2. The first kappa shape index (κ1) is 18.9. The number of aliphatic imine (C=N–C) groups is 1. The monoisotopic (exact) mass is 370 g/mol. The summed E-state index contributed by atoms with van der Waals surface area (Å²) in [6.07, 6.45) is 2.51. The van der Waals surface area contributed by atoms with Gasteiger partial charge in [0.2, 0.25) is 0 Å². The summed E-state index contributed by atoms with van der Waals surface area (Å²) < 4.78 is 0. The summed E-state index contributed by atoms with van der Waals surface area (Å²) in [7, 11) is 1.84. The Balaban J connectivity index is 1.36. The van der Waals surface area contributed by atoms with Crippen LogP contribution in [0.15, 0.2) is 46.8 Å². The van der Waals surface area contributed by atoms with Gasteiger partial charge in [0.25, 0.3) is 0 Å². The van der Waals surface area contributed by atoms with Gasteiger partial charge >= 0.3 is 0 Å². The van der Waals surface area contributed by atoms with Gasteiger partial charge in [0.15, 0.2) is 5.96 Å². The minimum Gasteiger partial charge on any atom is -0.356 e. The summed E-state index contributed by atoms with van der Waals surface area (Å²) >= 11 is 1.86. The molecule has 26 heavy (non-hydrogen) atoms. The van der Waals surface area contributed by atoms with Gasteiger partial charge in [-0.25, -0.2) is 0 Å². The van der Waals surface area contributed by atoms with Gasteiger partial charge < -0.3 is 10.6 Å². The van der Waals surface area contributed by atoms with Crippen molar-refractivity contribution in [1.82, 2.24) is 15.5 Å². The van der Waals surface area contributed by atoms with Crippen LogP contribution < -0.4 is 10.6 Å². The summed E-state index contributed by atoms with van der Waals surface area (Å²) in [5.74, 6) is 1.62. The van der Waals surface area contributed by atoms with Gasteiger partial charge in [-0.15, -0.1) is 11.3 Å². The summed E-state index contributed by atoms with van der Waals surface area (Å²) in [5.41, 5.74) is 2.57. The molecule has 0 bridgehead atoms. The molecule has 140 valence electrons. The number of rotatable bonds is 6. The van der Waals surface area contributed by atoms with Crippen molar-refractivity contribution in [3.63, 3.8) is 0 Å². The molecular weight excluding hydrogens is 340 g/mol. The van der Waals surface area contributed by atoms with Gasteiger partial charge in [0.1, 0.15) is 0 Å². The number of nitrogens with zero attached hydrogens (tertiary/aromatic N) is 2. The first-order chi connectivity index (χ1) is 12.7. The number of benzene rings is 1. The second-order valence-corrected chi connectivity index (χ2v) is 8.12. The van der Waals surface area contributed by atoms with Crippen LogP contribution in [-0.4, -0.2) is 37.5 Å². The Morgan fingerprint density at radius 3 is 2.58 bits per heavy atom. The van der Waals surface area contributed by atoms with E-state index in [0.29, 0.717) is 0 Å². The van der Waals surface area contributed by atoms with Gasteiger partial charge in [-0.3, -0.25) is 9.89 Å². The summed E-state index contributed by atoms with van der Waals surface area (Å²) in [6.45, 7) is 7.42. The molecule has 0 spiro atoms. The Bertz CT molecular complexity index is 671. The fourth-order valence-corrected chi connectivity index (χ4v) is 4.07. The zero-order valence-electron chi connectivity index (χ0n) is 15.9. The SMILES string of the molecule is CN=C(NCc1ccc(C)cc1)NCC1CCN(Cc2cccs2)CC1. The highest BCUT2D eigenvalue weighted by Crippen LogP contribution is 2.20. The van der Waals surface area contributed by atoms with Gasteiger partial charge in [0.05, 0.1) is 0 Å². The normalized spacial score (nSPS) is 16.6. The first-order valence-corrected chi connectivity index (χ1v) is 10.4. The molecule has 0 unspecified atom stereocenters. The van der Waals surface area contributed by atoms with Gasteiger partial charge in [0, 0.05) is 31.6 Å². The average molecular weight is 371 g/mol. The number of hydrogen-bond acceptors (Lipinski definition) is 3. The van der Waals surface area contributed by atoms with Crippen LogP contribution in [-0.2, 0) is 13.1 Å². The molecule has 0 radical (unpaired) electrons. The van der Waals surface area contributed by atoms with Gasteiger partial charge in [-0.2, -0.15) is 0 Å². The van der Waals surface area contributed by atoms with Crippen LogP contribution >= 0.6 is 11.3 Å². The van der Waals surface area contributed by atoms with Gasteiger partial charge in [-0.1, -0.05) is 35.9 Å². The molecule has 2 aromatic rings. The minimum absolute atomic E-state index is 0.729. The highest BCUT2D eigenvalue weighted by molar-refractivity contribution is 7.09. The van der Waals surface area contributed by atoms with E-state index in [4.69, 9.17) is 0 Å². The third-order valence-corrected chi connectivity index (χ3v) is 5.89. The van der Waals surface area contributed by atoms with Crippen LogP contribution in [0, 0.1) is 12.8 Å². The van der Waals surface area contributed by atoms with Crippen LogP contribution in [0.2, 0.25) is 0 Å². The average Bonchev–Trinajstić information content (AvgIpc) is 3.17. The van der Waals surface area contributed by atoms with Crippen molar-refractivity contribution in [2.75, 3.05) is 26.7 Å². The maximum absolute atomic E-state index is 4.36. The smallest absolute Gasteiger partial charge is 0.191 e. The van der Waals surface area contributed by atoms with Crippen LogP contribution in [0.4, 0.5) is 0 Å². The Morgan fingerprint density at radius 1 is 1.15 bits per heavy atom. The summed E-state index contributed by atoms with van der Waals surface area (Å²) in [4.78, 5) is 8.41. The molecule has 4 nitrogen and oxygen atoms in total. The highest BCUT2D eigenvalue weighted by Gasteiger charge is 2.19. The van der Waals surface area contributed by atoms with Crippen molar-refractivity contribution in [2.24, 2.45) is 10.9 Å². The molecule has 0 atom stereocenters. The number of nitrogens with one attached hydrogen (secondary N) is 2. The van der Waals surface area contributed by atoms with Crippen molar-refractivity contribution in [3.8, 4) is 0 Å². The molecule has 2 N–H and O–H groups in total. The van der Waals surface area contributed by atoms with Crippen LogP contribution in [0.3, 0.4) is 0 Å².